The lowest BCUT2D eigenvalue weighted by molar-refractivity contribution is -0.136. The van der Waals surface area contributed by atoms with Gasteiger partial charge in [-0.3, -0.25) is 9.59 Å². The van der Waals surface area contributed by atoms with Gasteiger partial charge < -0.3 is 9.80 Å². The van der Waals surface area contributed by atoms with Crippen molar-refractivity contribution in [1.82, 2.24) is 9.80 Å². The molecule has 1 aromatic carbocycles. The normalized spacial score (nSPS) is 16.5. The van der Waals surface area contributed by atoms with Crippen LogP contribution in [0.4, 0.5) is 4.39 Å². The number of rotatable bonds is 3. The molecule has 0 N–H and O–H groups in total. The minimum Gasteiger partial charge on any atom is -0.339 e. The van der Waals surface area contributed by atoms with Gasteiger partial charge in [-0.2, -0.15) is 0 Å². The van der Waals surface area contributed by atoms with Crippen molar-refractivity contribution in [3.05, 3.63) is 34.6 Å². The van der Waals surface area contributed by atoms with Gasteiger partial charge in [0.2, 0.25) is 5.91 Å². The van der Waals surface area contributed by atoms with Crippen molar-refractivity contribution < 1.29 is 14.0 Å². The quantitative estimate of drug-likeness (QED) is 0.857. The summed E-state index contributed by atoms with van der Waals surface area (Å²) in [6.45, 7) is 5.88. The van der Waals surface area contributed by atoms with E-state index in [-0.39, 0.29) is 22.8 Å². The van der Waals surface area contributed by atoms with Gasteiger partial charge in [-0.15, -0.1) is 0 Å². The van der Waals surface area contributed by atoms with Crippen LogP contribution in [-0.2, 0) is 4.79 Å². The minimum absolute atomic E-state index is 0.00814. The molecule has 0 spiro atoms. The van der Waals surface area contributed by atoms with Gasteiger partial charge in [0.05, 0.1) is 10.6 Å². The molecule has 1 fully saturated rings. The Morgan fingerprint density at radius 1 is 1.23 bits per heavy atom. The Labute approximate surface area is 134 Å². The first kappa shape index (κ1) is 16.7. The van der Waals surface area contributed by atoms with Crippen LogP contribution in [0.1, 0.15) is 30.6 Å². The average molecular weight is 327 g/mol. The summed E-state index contributed by atoms with van der Waals surface area (Å²) >= 11 is 5.93. The number of hydrogen-bond donors (Lipinski definition) is 0. The lowest BCUT2D eigenvalue weighted by Gasteiger charge is -2.36. The summed E-state index contributed by atoms with van der Waals surface area (Å²) in [5, 5.41) is 0.114. The Bertz CT molecular complexity index is 571. The average Bonchev–Trinajstić information content (AvgIpc) is 2.53. The molecule has 2 rings (SSSR count). The molecular formula is C16H20ClFN2O2. The Balaban J connectivity index is 1.99. The van der Waals surface area contributed by atoms with Crippen molar-refractivity contribution in [2.24, 2.45) is 5.92 Å². The number of carbonyl (C=O) groups is 2. The van der Waals surface area contributed by atoms with Crippen molar-refractivity contribution in [2.75, 3.05) is 26.2 Å². The molecule has 1 atom stereocenters. The van der Waals surface area contributed by atoms with Crippen molar-refractivity contribution in [1.29, 1.82) is 0 Å². The highest BCUT2D eigenvalue weighted by Gasteiger charge is 2.27. The third-order valence-corrected chi connectivity index (χ3v) is 4.39. The molecular weight excluding hydrogens is 307 g/mol. The fourth-order valence-electron chi connectivity index (χ4n) is 2.45. The number of piperazine rings is 1. The number of benzene rings is 1. The van der Waals surface area contributed by atoms with Crippen LogP contribution >= 0.6 is 11.6 Å². The van der Waals surface area contributed by atoms with Gasteiger partial charge in [-0.25, -0.2) is 4.39 Å². The summed E-state index contributed by atoms with van der Waals surface area (Å²) in [6.07, 6.45) is 0.809. The third-order valence-electron chi connectivity index (χ3n) is 4.07. The van der Waals surface area contributed by atoms with Crippen LogP contribution in [-0.4, -0.2) is 47.8 Å². The molecule has 0 aliphatic carbocycles. The zero-order valence-electron chi connectivity index (χ0n) is 12.8. The maximum atomic E-state index is 13.0. The predicted molar refractivity (Wildman–Crippen MR) is 83.3 cm³/mol. The van der Waals surface area contributed by atoms with Gasteiger partial charge in [-0.1, -0.05) is 25.4 Å². The van der Waals surface area contributed by atoms with E-state index in [4.69, 9.17) is 11.6 Å². The molecule has 1 aliphatic rings. The highest BCUT2D eigenvalue weighted by molar-refractivity contribution is 6.33. The van der Waals surface area contributed by atoms with Crippen LogP contribution in [0, 0.1) is 11.7 Å². The predicted octanol–water partition coefficient (Wildman–Crippen LogP) is 2.81. The van der Waals surface area contributed by atoms with E-state index in [0.29, 0.717) is 31.7 Å². The first-order valence-corrected chi connectivity index (χ1v) is 7.85. The van der Waals surface area contributed by atoms with E-state index in [1.807, 2.05) is 13.8 Å². The van der Waals surface area contributed by atoms with E-state index in [1.54, 1.807) is 9.80 Å². The molecule has 1 aromatic rings. The number of halogens is 2. The van der Waals surface area contributed by atoms with Gasteiger partial charge in [0, 0.05) is 32.1 Å². The van der Waals surface area contributed by atoms with Crippen molar-refractivity contribution in [3.8, 4) is 0 Å². The van der Waals surface area contributed by atoms with Crippen molar-refractivity contribution in [2.45, 2.75) is 20.3 Å². The van der Waals surface area contributed by atoms with Crippen molar-refractivity contribution >= 4 is 23.4 Å². The van der Waals surface area contributed by atoms with Gasteiger partial charge in [-0.05, 0) is 24.6 Å². The minimum atomic E-state index is -0.467. The van der Waals surface area contributed by atoms with Gasteiger partial charge in [0.15, 0.2) is 0 Å². The van der Waals surface area contributed by atoms with E-state index in [2.05, 4.69) is 0 Å². The molecule has 4 nitrogen and oxygen atoms in total. The van der Waals surface area contributed by atoms with E-state index in [0.717, 1.165) is 12.5 Å². The van der Waals surface area contributed by atoms with Gasteiger partial charge >= 0.3 is 0 Å². The summed E-state index contributed by atoms with van der Waals surface area (Å²) in [5.41, 5.74) is 0.296. The first-order valence-electron chi connectivity index (χ1n) is 7.47. The highest BCUT2D eigenvalue weighted by atomic mass is 35.5. The maximum Gasteiger partial charge on any atom is 0.255 e. The van der Waals surface area contributed by atoms with E-state index in [9.17, 15) is 14.0 Å². The molecule has 120 valence electrons. The van der Waals surface area contributed by atoms with Crippen LogP contribution in [0.2, 0.25) is 5.02 Å². The van der Waals surface area contributed by atoms with E-state index >= 15 is 0 Å². The third kappa shape index (κ3) is 3.58. The Morgan fingerprint density at radius 2 is 1.82 bits per heavy atom. The molecule has 1 aliphatic heterocycles. The molecule has 1 saturated heterocycles. The fourth-order valence-corrected chi connectivity index (χ4v) is 2.70. The molecule has 2 amide bonds. The zero-order valence-corrected chi connectivity index (χ0v) is 13.6. The second-order valence-electron chi connectivity index (χ2n) is 5.55. The fraction of sp³-hybridized carbons (Fsp3) is 0.500. The lowest BCUT2D eigenvalue weighted by atomic mass is 10.1. The Hall–Kier alpha value is -1.62. The second kappa shape index (κ2) is 7.09. The van der Waals surface area contributed by atoms with Crippen LogP contribution in [0.15, 0.2) is 18.2 Å². The number of amides is 2. The number of nitrogens with zero attached hydrogens (tertiary/aromatic N) is 2. The standard InChI is InChI=1S/C16H20ClFN2O2/c1-3-11(2)15(21)19-6-8-20(9-7-19)16(22)13-5-4-12(18)10-14(13)17/h4-5,10-11H,3,6-9H2,1-2H3/t11-/m1/s1. The van der Waals surface area contributed by atoms with Gasteiger partial charge in [0.1, 0.15) is 5.82 Å². The van der Waals surface area contributed by atoms with Crippen LogP contribution < -0.4 is 0 Å². The van der Waals surface area contributed by atoms with Crippen molar-refractivity contribution in [3.63, 3.8) is 0 Å². The summed E-state index contributed by atoms with van der Waals surface area (Å²) in [6, 6.07) is 3.76. The van der Waals surface area contributed by atoms with Crippen LogP contribution in [0.3, 0.4) is 0 Å². The van der Waals surface area contributed by atoms with Crippen LogP contribution in [0.25, 0.3) is 0 Å². The smallest absolute Gasteiger partial charge is 0.255 e. The summed E-state index contributed by atoms with van der Waals surface area (Å²) < 4.78 is 13.0. The highest BCUT2D eigenvalue weighted by Crippen LogP contribution is 2.20. The summed E-state index contributed by atoms with van der Waals surface area (Å²) in [5.74, 6) is -0.547. The summed E-state index contributed by atoms with van der Waals surface area (Å²) in [4.78, 5) is 28.0. The molecule has 0 unspecified atom stereocenters. The first-order chi connectivity index (χ1) is 10.4. The Morgan fingerprint density at radius 3 is 2.36 bits per heavy atom. The van der Waals surface area contributed by atoms with E-state index in [1.165, 1.54) is 12.1 Å². The van der Waals surface area contributed by atoms with Crippen LogP contribution in [0.5, 0.6) is 0 Å². The summed E-state index contributed by atoms with van der Waals surface area (Å²) in [7, 11) is 0. The molecule has 0 bridgehead atoms. The topological polar surface area (TPSA) is 40.6 Å². The SMILES string of the molecule is CC[C@@H](C)C(=O)N1CCN(C(=O)c2ccc(F)cc2Cl)CC1. The number of carbonyl (C=O) groups excluding carboxylic acids is 2. The molecule has 6 heteroatoms. The Kier molecular flexibility index (Phi) is 5.40. The maximum absolute atomic E-state index is 13.0. The molecule has 0 aromatic heterocycles. The largest absolute Gasteiger partial charge is 0.339 e. The van der Waals surface area contributed by atoms with Gasteiger partial charge in [0.25, 0.3) is 5.91 Å². The molecule has 0 radical (unpaired) electrons. The lowest BCUT2D eigenvalue weighted by Crippen LogP contribution is -2.51. The zero-order chi connectivity index (χ0) is 16.3. The second-order valence-corrected chi connectivity index (χ2v) is 5.96. The monoisotopic (exact) mass is 326 g/mol. The molecule has 0 saturated carbocycles. The molecule has 1 heterocycles. The molecule has 22 heavy (non-hydrogen) atoms. The van der Waals surface area contributed by atoms with E-state index < -0.39 is 5.82 Å². The number of hydrogen-bond acceptors (Lipinski definition) is 2.